The summed E-state index contributed by atoms with van der Waals surface area (Å²) in [4.78, 5) is 14.1. The van der Waals surface area contributed by atoms with Crippen molar-refractivity contribution >= 4 is 5.91 Å². The molecule has 0 spiro atoms. The number of hydrogen-bond acceptors (Lipinski definition) is 2. The Balaban J connectivity index is 1.92. The largest absolute Gasteiger partial charge is 0.342 e. The fourth-order valence-corrected chi connectivity index (χ4v) is 2.36. The van der Waals surface area contributed by atoms with Crippen LogP contribution in [0.4, 0.5) is 0 Å². The molecule has 2 aliphatic rings. The Morgan fingerprint density at radius 1 is 1.36 bits per heavy atom. The molecule has 1 N–H and O–H groups in total. The molecule has 1 saturated heterocycles. The SMILES string of the molecule is CC1CNCC1C(=O)N(C)C1CCC1. The third-order valence-corrected chi connectivity index (χ3v) is 3.80. The van der Waals surface area contributed by atoms with Gasteiger partial charge in [-0.25, -0.2) is 0 Å². The lowest BCUT2D eigenvalue weighted by molar-refractivity contribution is -0.138. The van der Waals surface area contributed by atoms with Crippen LogP contribution in [0.1, 0.15) is 26.2 Å². The Kier molecular flexibility index (Phi) is 2.77. The highest BCUT2D eigenvalue weighted by molar-refractivity contribution is 5.79. The quantitative estimate of drug-likeness (QED) is 0.710. The first-order valence-corrected chi connectivity index (χ1v) is 5.67. The summed E-state index contributed by atoms with van der Waals surface area (Å²) in [7, 11) is 1.97. The van der Waals surface area contributed by atoms with E-state index in [9.17, 15) is 4.79 Å². The van der Waals surface area contributed by atoms with Gasteiger partial charge in [0.2, 0.25) is 5.91 Å². The molecule has 3 heteroatoms. The predicted molar refractivity (Wildman–Crippen MR) is 55.9 cm³/mol. The Hall–Kier alpha value is -0.570. The second-order valence-electron chi connectivity index (χ2n) is 4.78. The summed E-state index contributed by atoms with van der Waals surface area (Å²) in [6, 6.07) is 0.537. The van der Waals surface area contributed by atoms with Gasteiger partial charge < -0.3 is 10.2 Å². The van der Waals surface area contributed by atoms with E-state index in [1.54, 1.807) is 0 Å². The number of nitrogens with zero attached hydrogens (tertiary/aromatic N) is 1. The molecule has 1 amide bonds. The lowest BCUT2D eigenvalue weighted by Gasteiger charge is -2.36. The van der Waals surface area contributed by atoms with Crippen molar-refractivity contribution in [3.63, 3.8) is 0 Å². The predicted octanol–water partition coefficient (Wildman–Crippen LogP) is 0.853. The van der Waals surface area contributed by atoms with Crippen LogP contribution in [0.3, 0.4) is 0 Å². The summed E-state index contributed by atoms with van der Waals surface area (Å²) in [5.74, 6) is 1.08. The first-order chi connectivity index (χ1) is 6.70. The van der Waals surface area contributed by atoms with Crippen LogP contribution in [0.25, 0.3) is 0 Å². The summed E-state index contributed by atoms with van der Waals surface area (Å²) in [5, 5.41) is 3.29. The highest BCUT2D eigenvalue weighted by Crippen LogP contribution is 2.27. The van der Waals surface area contributed by atoms with E-state index in [2.05, 4.69) is 12.2 Å². The maximum atomic E-state index is 12.1. The molecule has 14 heavy (non-hydrogen) atoms. The van der Waals surface area contributed by atoms with Crippen molar-refractivity contribution in [3.05, 3.63) is 0 Å². The number of amides is 1. The van der Waals surface area contributed by atoms with Gasteiger partial charge in [0, 0.05) is 19.6 Å². The van der Waals surface area contributed by atoms with Gasteiger partial charge in [-0.1, -0.05) is 6.92 Å². The average molecular weight is 196 g/mol. The molecule has 0 radical (unpaired) electrons. The van der Waals surface area contributed by atoms with E-state index in [0.717, 1.165) is 13.1 Å². The van der Waals surface area contributed by atoms with Crippen LogP contribution in [0.2, 0.25) is 0 Å². The van der Waals surface area contributed by atoms with Crippen LogP contribution in [-0.2, 0) is 4.79 Å². The molecule has 2 fully saturated rings. The van der Waals surface area contributed by atoms with E-state index < -0.39 is 0 Å². The van der Waals surface area contributed by atoms with E-state index in [0.29, 0.717) is 17.9 Å². The fourth-order valence-electron chi connectivity index (χ4n) is 2.36. The van der Waals surface area contributed by atoms with Crippen molar-refractivity contribution in [1.82, 2.24) is 10.2 Å². The molecular weight excluding hydrogens is 176 g/mol. The third kappa shape index (κ3) is 1.65. The summed E-state index contributed by atoms with van der Waals surface area (Å²) in [6.07, 6.45) is 3.70. The van der Waals surface area contributed by atoms with Crippen LogP contribution in [-0.4, -0.2) is 37.0 Å². The van der Waals surface area contributed by atoms with Crippen LogP contribution < -0.4 is 5.32 Å². The topological polar surface area (TPSA) is 32.3 Å². The van der Waals surface area contributed by atoms with Gasteiger partial charge in [0.1, 0.15) is 0 Å². The van der Waals surface area contributed by atoms with Crippen LogP contribution in [0, 0.1) is 11.8 Å². The zero-order chi connectivity index (χ0) is 10.1. The van der Waals surface area contributed by atoms with E-state index in [-0.39, 0.29) is 5.92 Å². The first-order valence-electron chi connectivity index (χ1n) is 5.67. The zero-order valence-electron chi connectivity index (χ0n) is 9.12. The van der Waals surface area contributed by atoms with Crippen LogP contribution >= 0.6 is 0 Å². The van der Waals surface area contributed by atoms with Gasteiger partial charge >= 0.3 is 0 Å². The maximum Gasteiger partial charge on any atom is 0.227 e. The van der Waals surface area contributed by atoms with Crippen molar-refractivity contribution < 1.29 is 4.79 Å². The minimum atomic E-state index is 0.223. The first kappa shape index (κ1) is 9.97. The van der Waals surface area contributed by atoms with Gasteiger partial charge in [-0.3, -0.25) is 4.79 Å². The van der Waals surface area contributed by atoms with Crippen LogP contribution in [0.15, 0.2) is 0 Å². The minimum Gasteiger partial charge on any atom is -0.342 e. The van der Waals surface area contributed by atoms with Crippen molar-refractivity contribution in [2.45, 2.75) is 32.2 Å². The number of rotatable bonds is 2. The molecule has 0 bridgehead atoms. The highest BCUT2D eigenvalue weighted by Gasteiger charge is 2.35. The number of nitrogens with one attached hydrogen (secondary N) is 1. The molecule has 2 unspecified atom stereocenters. The van der Waals surface area contributed by atoms with Crippen molar-refractivity contribution in [2.75, 3.05) is 20.1 Å². The van der Waals surface area contributed by atoms with Crippen molar-refractivity contribution in [1.29, 1.82) is 0 Å². The van der Waals surface area contributed by atoms with Gasteiger partial charge in [0.25, 0.3) is 0 Å². The lowest BCUT2D eigenvalue weighted by Crippen LogP contribution is -2.45. The number of hydrogen-bond donors (Lipinski definition) is 1. The van der Waals surface area contributed by atoms with Gasteiger partial charge in [-0.15, -0.1) is 0 Å². The fraction of sp³-hybridized carbons (Fsp3) is 0.909. The average Bonchev–Trinajstić information content (AvgIpc) is 2.47. The zero-order valence-corrected chi connectivity index (χ0v) is 9.12. The summed E-state index contributed by atoms with van der Waals surface area (Å²) in [5.41, 5.74) is 0. The van der Waals surface area contributed by atoms with Gasteiger partial charge in [0.05, 0.1) is 5.92 Å². The van der Waals surface area contributed by atoms with E-state index in [1.807, 2.05) is 11.9 Å². The van der Waals surface area contributed by atoms with E-state index in [4.69, 9.17) is 0 Å². The second kappa shape index (κ2) is 3.89. The molecule has 3 nitrogen and oxygen atoms in total. The van der Waals surface area contributed by atoms with Crippen molar-refractivity contribution in [2.24, 2.45) is 11.8 Å². The lowest BCUT2D eigenvalue weighted by atomic mass is 9.89. The second-order valence-corrected chi connectivity index (χ2v) is 4.78. The summed E-state index contributed by atoms with van der Waals surface area (Å²) in [6.45, 7) is 4.03. The standard InChI is InChI=1S/C11H20N2O/c1-8-6-12-7-10(8)11(14)13(2)9-4-3-5-9/h8-10,12H,3-7H2,1-2H3. The summed E-state index contributed by atoms with van der Waals surface area (Å²) >= 11 is 0. The number of carbonyl (C=O) groups excluding carboxylic acids is 1. The Morgan fingerprint density at radius 3 is 2.50 bits per heavy atom. The molecule has 0 aromatic heterocycles. The monoisotopic (exact) mass is 196 g/mol. The molecule has 2 atom stereocenters. The molecule has 0 aromatic carbocycles. The van der Waals surface area contributed by atoms with Gasteiger partial charge in [-0.05, 0) is 31.7 Å². The molecule has 0 aromatic rings. The van der Waals surface area contributed by atoms with Gasteiger partial charge in [0.15, 0.2) is 0 Å². The summed E-state index contributed by atoms with van der Waals surface area (Å²) < 4.78 is 0. The number of carbonyl (C=O) groups is 1. The Bertz CT molecular complexity index is 225. The Labute approximate surface area is 85.8 Å². The molecule has 1 aliphatic heterocycles. The third-order valence-electron chi connectivity index (χ3n) is 3.80. The normalized spacial score (nSPS) is 32.7. The molecule has 80 valence electrons. The van der Waals surface area contributed by atoms with Crippen molar-refractivity contribution in [3.8, 4) is 0 Å². The Morgan fingerprint density at radius 2 is 2.07 bits per heavy atom. The van der Waals surface area contributed by atoms with Crippen LogP contribution in [0.5, 0.6) is 0 Å². The minimum absolute atomic E-state index is 0.223. The molecular formula is C11H20N2O. The molecule has 1 heterocycles. The molecule has 2 rings (SSSR count). The smallest absolute Gasteiger partial charge is 0.227 e. The van der Waals surface area contributed by atoms with Gasteiger partial charge in [-0.2, -0.15) is 0 Å². The molecule has 1 aliphatic carbocycles. The van der Waals surface area contributed by atoms with E-state index >= 15 is 0 Å². The highest BCUT2D eigenvalue weighted by atomic mass is 16.2. The molecule has 1 saturated carbocycles. The maximum absolute atomic E-state index is 12.1. The van der Waals surface area contributed by atoms with E-state index in [1.165, 1.54) is 19.3 Å².